The van der Waals surface area contributed by atoms with E-state index in [2.05, 4.69) is 5.32 Å². The largest absolute Gasteiger partial charge is 0.480 e. The summed E-state index contributed by atoms with van der Waals surface area (Å²) in [5.41, 5.74) is 1.88. The molecule has 0 atom stereocenters. The third-order valence-corrected chi connectivity index (χ3v) is 5.32. The summed E-state index contributed by atoms with van der Waals surface area (Å²) in [6.07, 6.45) is 1.46. The SMILES string of the molecule is Cc1ccc(Cl)cc1NC(=O)/C(C#N)=C\c1cc(I)c(OCC(=O)O)c(I)c1. The highest BCUT2D eigenvalue weighted by Gasteiger charge is 2.14. The van der Waals surface area contributed by atoms with E-state index in [1.165, 1.54) is 6.08 Å². The number of anilines is 1. The molecule has 0 aliphatic rings. The molecule has 0 aliphatic carbocycles. The molecule has 0 saturated heterocycles. The Morgan fingerprint density at radius 2 is 1.93 bits per heavy atom. The van der Waals surface area contributed by atoms with Crippen molar-refractivity contribution in [3.63, 3.8) is 0 Å². The molecule has 0 bridgehead atoms. The molecule has 28 heavy (non-hydrogen) atoms. The summed E-state index contributed by atoms with van der Waals surface area (Å²) in [6, 6.07) is 10.4. The summed E-state index contributed by atoms with van der Waals surface area (Å²) < 4.78 is 6.61. The van der Waals surface area contributed by atoms with E-state index in [4.69, 9.17) is 21.4 Å². The number of carbonyl (C=O) groups excluding carboxylic acids is 1. The molecule has 0 radical (unpaired) electrons. The van der Waals surface area contributed by atoms with E-state index < -0.39 is 18.5 Å². The van der Waals surface area contributed by atoms with Gasteiger partial charge in [0, 0.05) is 10.7 Å². The zero-order chi connectivity index (χ0) is 20.8. The first-order valence-electron chi connectivity index (χ1n) is 7.74. The predicted octanol–water partition coefficient (Wildman–Crippen LogP) is 4.87. The van der Waals surface area contributed by atoms with Crippen LogP contribution in [0, 0.1) is 25.4 Å². The quantitative estimate of drug-likeness (QED) is 0.272. The maximum absolute atomic E-state index is 12.5. The third kappa shape index (κ3) is 6.08. The lowest BCUT2D eigenvalue weighted by molar-refractivity contribution is -0.139. The molecular weight excluding hydrogens is 609 g/mol. The molecule has 0 unspecified atom stereocenters. The molecule has 2 aromatic carbocycles. The Hall–Kier alpha value is -1.84. The first-order chi connectivity index (χ1) is 13.2. The number of aliphatic carboxylic acids is 1. The van der Waals surface area contributed by atoms with Gasteiger partial charge in [-0.25, -0.2) is 4.79 Å². The lowest BCUT2D eigenvalue weighted by Gasteiger charge is -2.10. The highest BCUT2D eigenvalue weighted by molar-refractivity contribution is 14.1. The zero-order valence-corrected chi connectivity index (χ0v) is 19.5. The van der Waals surface area contributed by atoms with Crippen LogP contribution >= 0.6 is 56.8 Å². The Labute approximate surface area is 193 Å². The van der Waals surface area contributed by atoms with E-state index in [-0.39, 0.29) is 5.57 Å². The molecule has 144 valence electrons. The number of ether oxygens (including phenoxy) is 1. The van der Waals surface area contributed by atoms with Gasteiger partial charge in [0.25, 0.3) is 5.91 Å². The van der Waals surface area contributed by atoms with Gasteiger partial charge in [-0.1, -0.05) is 17.7 Å². The van der Waals surface area contributed by atoms with Crippen LogP contribution in [0.2, 0.25) is 5.02 Å². The van der Waals surface area contributed by atoms with Gasteiger partial charge in [0.15, 0.2) is 6.61 Å². The summed E-state index contributed by atoms with van der Waals surface area (Å²) in [7, 11) is 0. The van der Waals surface area contributed by atoms with Crippen LogP contribution in [0.5, 0.6) is 5.75 Å². The van der Waals surface area contributed by atoms with Gasteiger partial charge >= 0.3 is 5.97 Å². The average Bonchev–Trinajstić information content (AvgIpc) is 2.61. The molecule has 9 heteroatoms. The fourth-order valence-electron chi connectivity index (χ4n) is 2.17. The van der Waals surface area contributed by atoms with E-state index in [9.17, 15) is 14.9 Å². The minimum atomic E-state index is -1.07. The topological polar surface area (TPSA) is 99.4 Å². The third-order valence-electron chi connectivity index (χ3n) is 3.48. The molecule has 0 heterocycles. The van der Waals surface area contributed by atoms with Crippen molar-refractivity contribution in [2.24, 2.45) is 0 Å². The van der Waals surface area contributed by atoms with Gasteiger partial charge in [0.05, 0.1) is 7.14 Å². The number of nitriles is 1. The molecule has 0 aliphatic heterocycles. The number of aryl methyl sites for hydroxylation is 1. The summed E-state index contributed by atoms with van der Waals surface area (Å²) in [5.74, 6) is -1.18. The monoisotopic (exact) mass is 622 g/mol. The van der Waals surface area contributed by atoms with Gasteiger partial charge in [0.1, 0.15) is 17.4 Å². The normalized spacial score (nSPS) is 10.9. The van der Waals surface area contributed by atoms with Crippen molar-refractivity contribution in [2.75, 3.05) is 11.9 Å². The van der Waals surface area contributed by atoms with E-state index in [0.29, 0.717) is 29.2 Å². The highest BCUT2D eigenvalue weighted by Crippen LogP contribution is 2.30. The van der Waals surface area contributed by atoms with Gasteiger partial charge < -0.3 is 15.2 Å². The molecule has 0 saturated carbocycles. The number of amides is 1. The van der Waals surface area contributed by atoms with Gasteiger partial charge in [-0.3, -0.25) is 4.79 Å². The number of halogens is 3. The van der Waals surface area contributed by atoms with Crippen molar-refractivity contribution in [1.29, 1.82) is 5.26 Å². The number of rotatable bonds is 6. The zero-order valence-electron chi connectivity index (χ0n) is 14.4. The number of carboxylic acids is 1. The van der Waals surface area contributed by atoms with Crippen LogP contribution in [0.3, 0.4) is 0 Å². The Morgan fingerprint density at radius 3 is 2.50 bits per heavy atom. The number of nitrogens with zero attached hydrogens (tertiary/aromatic N) is 1. The van der Waals surface area contributed by atoms with Gasteiger partial charge in [-0.15, -0.1) is 0 Å². The molecule has 0 aromatic heterocycles. The van der Waals surface area contributed by atoms with Gasteiger partial charge in [0.2, 0.25) is 0 Å². The Kier molecular flexibility index (Phi) is 8.09. The van der Waals surface area contributed by atoms with Crippen molar-refractivity contribution < 1.29 is 19.4 Å². The lowest BCUT2D eigenvalue weighted by atomic mass is 10.1. The van der Waals surface area contributed by atoms with Gasteiger partial charge in [-0.05, 0) is 93.6 Å². The molecule has 0 fully saturated rings. The Balaban J connectivity index is 2.28. The standard InChI is InChI=1S/C19H13ClI2N2O4/c1-10-2-3-13(20)7-16(10)24-19(27)12(8-23)4-11-5-14(21)18(15(22)6-11)28-9-17(25)26/h2-7H,9H2,1H3,(H,24,27)(H,25,26)/b12-4-. The molecule has 2 rings (SSSR count). The maximum atomic E-state index is 12.5. The summed E-state index contributed by atoms with van der Waals surface area (Å²) >= 11 is 9.98. The fourth-order valence-corrected chi connectivity index (χ4v) is 4.47. The highest BCUT2D eigenvalue weighted by atomic mass is 127. The second-order valence-electron chi connectivity index (χ2n) is 5.58. The smallest absolute Gasteiger partial charge is 0.341 e. The maximum Gasteiger partial charge on any atom is 0.341 e. The number of carbonyl (C=O) groups is 2. The Morgan fingerprint density at radius 1 is 1.29 bits per heavy atom. The van der Waals surface area contributed by atoms with Gasteiger partial charge in [-0.2, -0.15) is 5.26 Å². The van der Waals surface area contributed by atoms with E-state index >= 15 is 0 Å². The number of hydrogen-bond donors (Lipinski definition) is 2. The van der Waals surface area contributed by atoms with Crippen LogP contribution in [-0.2, 0) is 9.59 Å². The van der Waals surface area contributed by atoms with Crippen LogP contribution in [0.1, 0.15) is 11.1 Å². The number of nitrogens with one attached hydrogen (secondary N) is 1. The van der Waals surface area contributed by atoms with Crippen LogP contribution in [-0.4, -0.2) is 23.6 Å². The molecule has 2 aromatic rings. The van der Waals surface area contributed by atoms with Crippen molar-refractivity contribution >= 4 is 80.4 Å². The fraction of sp³-hybridized carbons (Fsp3) is 0.105. The van der Waals surface area contributed by atoms with E-state index in [1.807, 2.05) is 58.2 Å². The molecular formula is C19H13ClI2N2O4. The molecule has 0 spiro atoms. The second-order valence-corrected chi connectivity index (χ2v) is 8.34. The summed E-state index contributed by atoms with van der Waals surface area (Å²) in [5, 5.41) is 21.3. The van der Waals surface area contributed by atoms with Crippen LogP contribution < -0.4 is 10.1 Å². The summed E-state index contributed by atoms with van der Waals surface area (Å²) in [6.45, 7) is 1.37. The average molecular weight is 623 g/mol. The first-order valence-corrected chi connectivity index (χ1v) is 10.3. The minimum Gasteiger partial charge on any atom is -0.480 e. The number of carboxylic acid groups (broad SMARTS) is 1. The van der Waals surface area contributed by atoms with Crippen LogP contribution in [0.4, 0.5) is 5.69 Å². The first kappa shape index (κ1) is 22.4. The second kappa shape index (κ2) is 10.1. The van der Waals surface area contributed by atoms with E-state index in [1.54, 1.807) is 30.3 Å². The molecule has 6 nitrogen and oxygen atoms in total. The Bertz CT molecular complexity index is 992. The van der Waals surface area contributed by atoms with Crippen molar-refractivity contribution in [1.82, 2.24) is 0 Å². The van der Waals surface area contributed by atoms with Crippen molar-refractivity contribution in [3.05, 3.63) is 59.2 Å². The van der Waals surface area contributed by atoms with Crippen molar-refractivity contribution in [2.45, 2.75) is 6.92 Å². The number of benzene rings is 2. The van der Waals surface area contributed by atoms with E-state index in [0.717, 1.165) is 5.56 Å². The van der Waals surface area contributed by atoms with Crippen LogP contribution in [0.15, 0.2) is 35.9 Å². The predicted molar refractivity (Wildman–Crippen MR) is 123 cm³/mol. The van der Waals surface area contributed by atoms with Crippen molar-refractivity contribution in [3.8, 4) is 11.8 Å². The molecule has 2 N–H and O–H groups in total. The number of hydrogen-bond acceptors (Lipinski definition) is 4. The molecule has 1 amide bonds. The minimum absolute atomic E-state index is 0.0785. The van der Waals surface area contributed by atoms with Crippen LogP contribution in [0.25, 0.3) is 6.08 Å². The lowest BCUT2D eigenvalue weighted by Crippen LogP contribution is -2.14. The summed E-state index contributed by atoms with van der Waals surface area (Å²) in [4.78, 5) is 23.2.